The SMILES string of the molecule is CN1CCN(CCCc2c(F)cccc2Br)CC1. The summed E-state index contributed by atoms with van der Waals surface area (Å²) >= 11 is 3.42. The molecule has 1 heterocycles. The van der Waals surface area contributed by atoms with E-state index in [-0.39, 0.29) is 5.82 Å². The molecule has 100 valence electrons. The third-order valence-corrected chi connectivity index (χ3v) is 4.30. The number of halogens is 2. The van der Waals surface area contributed by atoms with Crippen LogP contribution in [0.25, 0.3) is 0 Å². The Labute approximate surface area is 117 Å². The molecule has 0 amide bonds. The number of benzene rings is 1. The Morgan fingerprint density at radius 2 is 1.94 bits per heavy atom. The first kappa shape index (κ1) is 14.0. The summed E-state index contributed by atoms with van der Waals surface area (Å²) in [6.07, 6.45) is 1.82. The number of hydrogen-bond donors (Lipinski definition) is 0. The van der Waals surface area contributed by atoms with Gasteiger partial charge in [0.25, 0.3) is 0 Å². The molecule has 0 aliphatic carbocycles. The van der Waals surface area contributed by atoms with Crippen molar-refractivity contribution >= 4 is 15.9 Å². The molecule has 0 radical (unpaired) electrons. The molecule has 1 aromatic carbocycles. The Morgan fingerprint density at radius 1 is 1.22 bits per heavy atom. The van der Waals surface area contributed by atoms with Gasteiger partial charge in [-0.05, 0) is 38.6 Å². The fourth-order valence-electron chi connectivity index (χ4n) is 2.32. The van der Waals surface area contributed by atoms with Crippen LogP contribution in [-0.4, -0.2) is 49.6 Å². The summed E-state index contributed by atoms with van der Waals surface area (Å²) in [6, 6.07) is 5.19. The quantitative estimate of drug-likeness (QED) is 0.843. The van der Waals surface area contributed by atoms with E-state index in [0.29, 0.717) is 0 Å². The van der Waals surface area contributed by atoms with Crippen LogP contribution in [0.5, 0.6) is 0 Å². The molecule has 2 nitrogen and oxygen atoms in total. The first-order valence-corrected chi connectivity index (χ1v) is 7.30. The van der Waals surface area contributed by atoms with Gasteiger partial charge in [-0.25, -0.2) is 4.39 Å². The third kappa shape index (κ3) is 3.77. The molecule has 18 heavy (non-hydrogen) atoms. The van der Waals surface area contributed by atoms with Crippen molar-refractivity contribution in [1.82, 2.24) is 9.80 Å². The monoisotopic (exact) mass is 314 g/mol. The van der Waals surface area contributed by atoms with E-state index in [1.807, 2.05) is 6.07 Å². The molecular weight excluding hydrogens is 295 g/mol. The summed E-state index contributed by atoms with van der Waals surface area (Å²) in [7, 11) is 2.16. The minimum Gasteiger partial charge on any atom is -0.304 e. The highest BCUT2D eigenvalue weighted by Gasteiger charge is 2.13. The molecule has 0 N–H and O–H groups in total. The van der Waals surface area contributed by atoms with Crippen LogP contribution in [0, 0.1) is 5.82 Å². The summed E-state index contributed by atoms with van der Waals surface area (Å²) in [6.45, 7) is 5.62. The standard InChI is InChI=1S/C14H20BrFN2/c1-17-8-10-18(11-9-17)7-3-4-12-13(15)5-2-6-14(12)16/h2,5-6H,3-4,7-11H2,1H3. The Balaban J connectivity index is 1.78. The van der Waals surface area contributed by atoms with Crippen LogP contribution in [0.4, 0.5) is 4.39 Å². The average molecular weight is 315 g/mol. The molecule has 0 spiro atoms. The van der Waals surface area contributed by atoms with E-state index >= 15 is 0 Å². The highest BCUT2D eigenvalue weighted by molar-refractivity contribution is 9.10. The number of rotatable bonds is 4. The van der Waals surface area contributed by atoms with E-state index < -0.39 is 0 Å². The van der Waals surface area contributed by atoms with Crippen molar-refractivity contribution in [3.63, 3.8) is 0 Å². The summed E-state index contributed by atoms with van der Waals surface area (Å²) < 4.78 is 14.5. The van der Waals surface area contributed by atoms with Crippen LogP contribution in [0.2, 0.25) is 0 Å². The van der Waals surface area contributed by atoms with Crippen LogP contribution in [0.1, 0.15) is 12.0 Å². The topological polar surface area (TPSA) is 6.48 Å². The Hall–Kier alpha value is -0.450. The van der Waals surface area contributed by atoms with Crippen LogP contribution >= 0.6 is 15.9 Å². The zero-order valence-corrected chi connectivity index (χ0v) is 12.4. The van der Waals surface area contributed by atoms with Gasteiger partial charge in [0.15, 0.2) is 0 Å². The van der Waals surface area contributed by atoms with Gasteiger partial charge in [-0.15, -0.1) is 0 Å². The smallest absolute Gasteiger partial charge is 0.127 e. The number of likely N-dealkylation sites (N-methyl/N-ethyl adjacent to an activating group) is 1. The molecule has 4 heteroatoms. The molecule has 1 aromatic rings. The Kier molecular flexibility index (Phi) is 5.15. The van der Waals surface area contributed by atoms with E-state index in [1.165, 1.54) is 6.07 Å². The molecule has 0 bridgehead atoms. The van der Waals surface area contributed by atoms with Gasteiger partial charge in [-0.2, -0.15) is 0 Å². The highest BCUT2D eigenvalue weighted by Crippen LogP contribution is 2.21. The predicted octanol–water partition coefficient (Wildman–Crippen LogP) is 2.77. The summed E-state index contributed by atoms with van der Waals surface area (Å²) in [5, 5.41) is 0. The molecule has 1 saturated heterocycles. The van der Waals surface area contributed by atoms with Crippen LogP contribution in [0.15, 0.2) is 22.7 Å². The van der Waals surface area contributed by atoms with Gasteiger partial charge >= 0.3 is 0 Å². The molecule has 0 saturated carbocycles. The van der Waals surface area contributed by atoms with Crippen LogP contribution < -0.4 is 0 Å². The van der Waals surface area contributed by atoms with E-state index in [9.17, 15) is 4.39 Å². The lowest BCUT2D eigenvalue weighted by Crippen LogP contribution is -2.44. The van der Waals surface area contributed by atoms with Crippen LogP contribution in [-0.2, 0) is 6.42 Å². The lowest BCUT2D eigenvalue weighted by molar-refractivity contribution is 0.153. The zero-order valence-electron chi connectivity index (χ0n) is 10.8. The summed E-state index contributed by atoms with van der Waals surface area (Å²) in [4.78, 5) is 4.82. The average Bonchev–Trinajstić information content (AvgIpc) is 2.35. The molecule has 0 atom stereocenters. The fourth-order valence-corrected chi connectivity index (χ4v) is 2.86. The Bertz CT molecular complexity index is 369. The van der Waals surface area contributed by atoms with Gasteiger partial charge < -0.3 is 9.80 Å². The Morgan fingerprint density at radius 3 is 2.61 bits per heavy atom. The second kappa shape index (κ2) is 6.64. The van der Waals surface area contributed by atoms with Crippen molar-refractivity contribution in [3.05, 3.63) is 34.1 Å². The summed E-state index contributed by atoms with van der Waals surface area (Å²) in [5.74, 6) is -0.0947. The third-order valence-electron chi connectivity index (χ3n) is 3.56. The predicted molar refractivity (Wildman–Crippen MR) is 76.4 cm³/mol. The zero-order chi connectivity index (χ0) is 13.0. The minimum atomic E-state index is -0.0947. The van der Waals surface area contributed by atoms with Gasteiger partial charge in [-0.3, -0.25) is 0 Å². The van der Waals surface area contributed by atoms with Gasteiger partial charge in [-0.1, -0.05) is 22.0 Å². The van der Waals surface area contributed by atoms with Crippen molar-refractivity contribution < 1.29 is 4.39 Å². The maximum Gasteiger partial charge on any atom is 0.127 e. The second-order valence-electron chi connectivity index (χ2n) is 4.95. The van der Waals surface area contributed by atoms with Crippen LogP contribution in [0.3, 0.4) is 0 Å². The fraction of sp³-hybridized carbons (Fsp3) is 0.571. The van der Waals surface area contributed by atoms with Gasteiger partial charge in [0.05, 0.1) is 0 Å². The summed E-state index contributed by atoms with van der Waals surface area (Å²) in [5.41, 5.74) is 0.812. The normalized spacial score (nSPS) is 18.2. The van der Waals surface area contributed by atoms with Crippen molar-refractivity contribution in [2.75, 3.05) is 39.8 Å². The number of hydrogen-bond acceptors (Lipinski definition) is 2. The second-order valence-corrected chi connectivity index (χ2v) is 5.80. The van der Waals surface area contributed by atoms with E-state index in [4.69, 9.17) is 0 Å². The number of piperazine rings is 1. The largest absolute Gasteiger partial charge is 0.304 e. The first-order chi connectivity index (χ1) is 8.66. The molecule has 1 aliphatic rings. The van der Waals surface area contributed by atoms with Crippen molar-refractivity contribution in [2.45, 2.75) is 12.8 Å². The molecule has 1 aliphatic heterocycles. The molecule has 0 aromatic heterocycles. The van der Waals surface area contributed by atoms with Gasteiger partial charge in [0, 0.05) is 36.2 Å². The molecular formula is C14H20BrFN2. The molecule has 1 fully saturated rings. The molecule has 0 unspecified atom stereocenters. The molecule has 2 rings (SSSR count). The number of nitrogens with zero attached hydrogens (tertiary/aromatic N) is 2. The van der Waals surface area contributed by atoms with Gasteiger partial charge in [0.2, 0.25) is 0 Å². The van der Waals surface area contributed by atoms with Crippen molar-refractivity contribution in [2.24, 2.45) is 0 Å². The van der Waals surface area contributed by atoms with E-state index in [1.54, 1.807) is 6.07 Å². The van der Waals surface area contributed by atoms with Crippen molar-refractivity contribution in [1.29, 1.82) is 0 Å². The maximum absolute atomic E-state index is 13.6. The minimum absolute atomic E-state index is 0.0947. The van der Waals surface area contributed by atoms with E-state index in [2.05, 4.69) is 32.8 Å². The lowest BCUT2D eigenvalue weighted by Gasteiger charge is -2.32. The lowest BCUT2D eigenvalue weighted by atomic mass is 10.1. The van der Waals surface area contributed by atoms with E-state index in [0.717, 1.165) is 55.6 Å². The first-order valence-electron chi connectivity index (χ1n) is 6.50. The van der Waals surface area contributed by atoms with Gasteiger partial charge in [0.1, 0.15) is 5.82 Å². The highest BCUT2D eigenvalue weighted by atomic mass is 79.9. The van der Waals surface area contributed by atoms with Crippen molar-refractivity contribution in [3.8, 4) is 0 Å². The maximum atomic E-state index is 13.6.